The maximum absolute atomic E-state index is 11.9. The number of carbonyl (C=O) groups excluding carboxylic acids is 3. The van der Waals surface area contributed by atoms with Gasteiger partial charge in [0.1, 0.15) is 18.8 Å². The Morgan fingerprint density at radius 3 is 1.97 bits per heavy atom. The van der Waals surface area contributed by atoms with Gasteiger partial charge in [-0.25, -0.2) is 0 Å². The van der Waals surface area contributed by atoms with Gasteiger partial charge < -0.3 is 28.4 Å². The zero-order valence-corrected chi connectivity index (χ0v) is 21.5. The van der Waals surface area contributed by atoms with Gasteiger partial charge in [-0.2, -0.15) is 0 Å². The van der Waals surface area contributed by atoms with E-state index in [4.69, 9.17) is 28.4 Å². The minimum atomic E-state index is -1.14. The van der Waals surface area contributed by atoms with E-state index >= 15 is 0 Å². The van der Waals surface area contributed by atoms with Gasteiger partial charge in [-0.3, -0.25) is 14.4 Å². The van der Waals surface area contributed by atoms with E-state index in [1.807, 2.05) is 6.92 Å². The molecule has 10 atom stereocenters. The predicted molar refractivity (Wildman–Crippen MR) is 116 cm³/mol. The van der Waals surface area contributed by atoms with Crippen LogP contribution in [0.25, 0.3) is 0 Å². The van der Waals surface area contributed by atoms with Crippen molar-refractivity contribution in [2.24, 2.45) is 23.7 Å². The molecule has 2 heterocycles. The van der Waals surface area contributed by atoms with Crippen LogP contribution >= 0.6 is 15.9 Å². The highest BCUT2D eigenvalue weighted by Crippen LogP contribution is 2.44. The summed E-state index contributed by atoms with van der Waals surface area (Å²) in [7, 11) is 0. The Morgan fingerprint density at radius 1 is 0.844 bits per heavy atom. The number of halogens is 1. The van der Waals surface area contributed by atoms with E-state index in [0.717, 1.165) is 0 Å². The van der Waals surface area contributed by atoms with Gasteiger partial charge in [0.25, 0.3) is 0 Å². The molecule has 0 spiro atoms. The average Bonchev–Trinajstić information content (AvgIpc) is 2.66. The number of esters is 3. The lowest BCUT2D eigenvalue weighted by atomic mass is 9.79. The van der Waals surface area contributed by atoms with Crippen LogP contribution in [-0.2, 0) is 42.8 Å². The molecule has 2 rings (SSSR count). The van der Waals surface area contributed by atoms with Crippen molar-refractivity contribution >= 4 is 33.8 Å². The molecule has 2 saturated heterocycles. The van der Waals surface area contributed by atoms with Crippen LogP contribution < -0.4 is 0 Å². The number of hydrogen-bond donors (Lipinski definition) is 0. The average molecular weight is 523 g/mol. The molecule has 0 amide bonds. The van der Waals surface area contributed by atoms with E-state index in [0.29, 0.717) is 0 Å². The normalized spacial score (nSPS) is 42.1. The van der Waals surface area contributed by atoms with Crippen LogP contribution in [0.5, 0.6) is 0 Å². The molecule has 184 valence electrons. The molecule has 0 aromatic rings. The van der Waals surface area contributed by atoms with Crippen LogP contribution in [0.1, 0.15) is 55.4 Å². The van der Waals surface area contributed by atoms with Crippen molar-refractivity contribution in [1.82, 2.24) is 0 Å². The quantitative estimate of drug-likeness (QED) is 0.295. The molecular weight excluding hydrogens is 488 g/mol. The SMILES string of the molecule is CC(=O)OCC1O[C@H](O[C@H]2[C@@H](OC(C)=O)C(C)[C@H](OC(C)=O)OC2(C)Br)C(C)[C@@H](C)[C@@H]1C. The Morgan fingerprint density at radius 2 is 1.44 bits per heavy atom. The molecule has 0 N–H and O–H groups in total. The fourth-order valence-electron chi connectivity index (χ4n) is 4.16. The molecule has 2 fully saturated rings. The van der Waals surface area contributed by atoms with Gasteiger partial charge in [-0.1, -0.05) is 43.6 Å². The van der Waals surface area contributed by atoms with Gasteiger partial charge in [0.05, 0.1) is 12.0 Å². The first-order chi connectivity index (χ1) is 14.7. The largest absolute Gasteiger partial charge is 0.463 e. The van der Waals surface area contributed by atoms with Crippen molar-refractivity contribution in [3.8, 4) is 0 Å². The van der Waals surface area contributed by atoms with Crippen LogP contribution in [0.3, 0.4) is 0 Å². The zero-order chi connectivity index (χ0) is 24.4. The maximum atomic E-state index is 11.9. The molecule has 2 aliphatic heterocycles. The van der Waals surface area contributed by atoms with Crippen molar-refractivity contribution in [2.75, 3.05) is 6.61 Å². The van der Waals surface area contributed by atoms with Crippen molar-refractivity contribution in [2.45, 2.75) is 90.8 Å². The third-order valence-electron chi connectivity index (χ3n) is 6.40. The van der Waals surface area contributed by atoms with Crippen LogP contribution in [0, 0.1) is 23.7 Å². The molecule has 10 heteroatoms. The molecule has 0 aliphatic carbocycles. The summed E-state index contributed by atoms with van der Waals surface area (Å²) in [4.78, 5) is 34.7. The predicted octanol–water partition coefficient (Wildman–Crippen LogP) is 3.17. The summed E-state index contributed by atoms with van der Waals surface area (Å²) >= 11 is 3.53. The Hall–Kier alpha value is -1.23. The number of hydrogen-bond acceptors (Lipinski definition) is 9. The molecule has 0 radical (unpaired) electrons. The monoisotopic (exact) mass is 522 g/mol. The summed E-state index contributed by atoms with van der Waals surface area (Å²) in [5, 5.41) is 0. The van der Waals surface area contributed by atoms with E-state index in [-0.39, 0.29) is 36.4 Å². The van der Waals surface area contributed by atoms with E-state index in [9.17, 15) is 14.4 Å². The first-order valence-electron chi connectivity index (χ1n) is 10.9. The summed E-state index contributed by atoms with van der Waals surface area (Å²) in [6, 6.07) is 0. The van der Waals surface area contributed by atoms with E-state index in [2.05, 4.69) is 29.8 Å². The van der Waals surface area contributed by atoms with E-state index in [1.165, 1.54) is 20.8 Å². The van der Waals surface area contributed by atoms with Crippen LogP contribution in [0.4, 0.5) is 0 Å². The smallest absolute Gasteiger partial charge is 0.304 e. The molecular formula is C22H35BrO9. The summed E-state index contributed by atoms with van der Waals surface area (Å²) in [5.74, 6) is -1.52. The summed E-state index contributed by atoms with van der Waals surface area (Å²) < 4.78 is 33.5. The minimum Gasteiger partial charge on any atom is -0.463 e. The van der Waals surface area contributed by atoms with Gasteiger partial charge in [-0.05, 0) is 18.8 Å². The molecule has 0 aromatic heterocycles. The highest BCUT2D eigenvalue weighted by atomic mass is 79.9. The van der Waals surface area contributed by atoms with E-state index < -0.39 is 47.2 Å². The highest BCUT2D eigenvalue weighted by Gasteiger charge is 2.55. The van der Waals surface area contributed by atoms with Crippen molar-refractivity contribution in [3.63, 3.8) is 0 Å². The zero-order valence-electron chi connectivity index (χ0n) is 20.0. The first kappa shape index (κ1) is 27.0. The summed E-state index contributed by atoms with van der Waals surface area (Å²) in [6.07, 6.45) is -3.48. The Kier molecular flexibility index (Phi) is 9.12. The molecule has 2 aliphatic rings. The topological polar surface area (TPSA) is 107 Å². The van der Waals surface area contributed by atoms with E-state index in [1.54, 1.807) is 13.8 Å². The van der Waals surface area contributed by atoms with Crippen molar-refractivity contribution < 1.29 is 42.8 Å². The van der Waals surface area contributed by atoms with Gasteiger partial charge in [0, 0.05) is 26.7 Å². The van der Waals surface area contributed by atoms with Crippen LogP contribution in [0.15, 0.2) is 0 Å². The van der Waals surface area contributed by atoms with Gasteiger partial charge in [0.15, 0.2) is 10.8 Å². The van der Waals surface area contributed by atoms with Gasteiger partial charge >= 0.3 is 17.9 Å². The molecule has 0 aromatic carbocycles. The molecule has 9 nitrogen and oxygen atoms in total. The number of alkyl halides is 1. The Labute approximate surface area is 197 Å². The molecule has 32 heavy (non-hydrogen) atoms. The molecule has 0 saturated carbocycles. The minimum absolute atomic E-state index is 0.00125. The number of ether oxygens (including phenoxy) is 6. The lowest BCUT2D eigenvalue weighted by molar-refractivity contribution is -0.333. The van der Waals surface area contributed by atoms with Gasteiger partial charge in [-0.15, -0.1) is 0 Å². The molecule has 0 bridgehead atoms. The number of rotatable bonds is 6. The fourth-order valence-corrected chi connectivity index (χ4v) is 4.71. The second-order valence-electron chi connectivity index (χ2n) is 8.99. The maximum Gasteiger partial charge on any atom is 0.304 e. The second kappa shape index (κ2) is 10.8. The third-order valence-corrected chi connectivity index (χ3v) is 7.04. The van der Waals surface area contributed by atoms with Crippen LogP contribution in [0.2, 0.25) is 0 Å². The Bertz CT molecular complexity index is 697. The summed E-state index contributed by atoms with van der Waals surface area (Å²) in [5.41, 5.74) is 0. The second-order valence-corrected chi connectivity index (χ2v) is 10.6. The molecule has 4 unspecified atom stereocenters. The summed E-state index contributed by atoms with van der Waals surface area (Å²) in [6.45, 7) is 13.7. The lowest BCUT2D eigenvalue weighted by Crippen LogP contribution is -2.62. The third kappa shape index (κ3) is 6.42. The van der Waals surface area contributed by atoms with Gasteiger partial charge in [0.2, 0.25) is 6.29 Å². The standard InChI is InChI=1S/C22H35BrO9/c1-10-11(2)17(9-27-14(5)24)30-20(12(10)3)31-19-18(28-15(6)25)13(4)21(29-16(7)26)32-22(19,8)23/h10-13,17-21H,9H2,1-8H3/t10-,11-,12?,13?,17?,18-,19-,20+,21+,22?/m0/s1. The lowest BCUT2D eigenvalue weighted by Gasteiger charge is -2.50. The van der Waals surface area contributed by atoms with Crippen molar-refractivity contribution in [1.29, 1.82) is 0 Å². The number of carbonyl (C=O) groups is 3. The van der Waals surface area contributed by atoms with Crippen LogP contribution in [-0.4, -0.2) is 59.9 Å². The fraction of sp³-hybridized carbons (Fsp3) is 0.864. The first-order valence-corrected chi connectivity index (χ1v) is 11.7. The highest BCUT2D eigenvalue weighted by molar-refractivity contribution is 9.10. The Balaban J connectivity index is 2.28. The van der Waals surface area contributed by atoms with Crippen molar-refractivity contribution in [3.05, 3.63) is 0 Å².